The highest BCUT2D eigenvalue weighted by Crippen LogP contribution is 2.38. The minimum absolute atomic E-state index is 0.0605. The quantitative estimate of drug-likeness (QED) is 0.672. The summed E-state index contributed by atoms with van der Waals surface area (Å²) in [5, 5.41) is 10.0. The van der Waals surface area contributed by atoms with Gasteiger partial charge >= 0.3 is 0 Å². The van der Waals surface area contributed by atoms with E-state index >= 15 is 0 Å². The Kier molecular flexibility index (Phi) is 4.42. The Hall–Kier alpha value is -2.74. The SMILES string of the molecule is O=C(Cn1cc(Br)ccc1=O)Nc1cccc(-c2n[nH]c(C3CC3)n2)c1. The number of hydrogen-bond donors (Lipinski definition) is 2. The van der Waals surface area contributed by atoms with Gasteiger partial charge in [-0.25, -0.2) is 4.98 Å². The molecule has 132 valence electrons. The number of anilines is 1. The number of amides is 1. The van der Waals surface area contributed by atoms with Crippen molar-refractivity contribution in [1.82, 2.24) is 19.7 Å². The lowest BCUT2D eigenvalue weighted by Crippen LogP contribution is -2.26. The van der Waals surface area contributed by atoms with E-state index in [-0.39, 0.29) is 18.0 Å². The molecule has 1 aliphatic rings. The van der Waals surface area contributed by atoms with Crippen molar-refractivity contribution in [2.75, 3.05) is 5.32 Å². The fraction of sp³-hybridized carbons (Fsp3) is 0.222. The molecule has 0 unspecified atom stereocenters. The maximum atomic E-state index is 12.3. The normalized spacial score (nSPS) is 13.6. The van der Waals surface area contributed by atoms with Crippen molar-refractivity contribution in [2.45, 2.75) is 25.3 Å². The first-order valence-corrected chi connectivity index (χ1v) is 9.06. The molecule has 26 heavy (non-hydrogen) atoms. The first-order chi connectivity index (χ1) is 12.6. The smallest absolute Gasteiger partial charge is 0.251 e. The van der Waals surface area contributed by atoms with E-state index in [4.69, 9.17) is 0 Å². The van der Waals surface area contributed by atoms with E-state index in [1.165, 1.54) is 10.6 Å². The summed E-state index contributed by atoms with van der Waals surface area (Å²) in [5.41, 5.74) is 1.23. The lowest BCUT2D eigenvalue weighted by molar-refractivity contribution is -0.116. The molecule has 1 aromatic carbocycles. The Morgan fingerprint density at radius 3 is 2.96 bits per heavy atom. The zero-order chi connectivity index (χ0) is 18.1. The maximum Gasteiger partial charge on any atom is 0.251 e. The van der Waals surface area contributed by atoms with Crippen molar-refractivity contribution in [2.24, 2.45) is 0 Å². The molecule has 0 aliphatic heterocycles. The van der Waals surface area contributed by atoms with E-state index in [1.807, 2.05) is 18.2 Å². The molecule has 2 aromatic heterocycles. The number of pyridine rings is 1. The molecule has 2 heterocycles. The first-order valence-electron chi connectivity index (χ1n) is 8.27. The topological polar surface area (TPSA) is 92.7 Å². The van der Waals surface area contributed by atoms with Crippen LogP contribution in [0.1, 0.15) is 24.6 Å². The van der Waals surface area contributed by atoms with Crippen LogP contribution in [0.2, 0.25) is 0 Å². The van der Waals surface area contributed by atoms with E-state index in [2.05, 4.69) is 36.4 Å². The Labute approximate surface area is 157 Å². The molecule has 4 rings (SSSR count). The summed E-state index contributed by atoms with van der Waals surface area (Å²) in [6.45, 7) is -0.0605. The third-order valence-electron chi connectivity index (χ3n) is 4.13. The number of halogens is 1. The van der Waals surface area contributed by atoms with Gasteiger partial charge in [-0.05, 0) is 47.0 Å². The highest BCUT2D eigenvalue weighted by Gasteiger charge is 2.27. The molecule has 0 atom stereocenters. The molecule has 0 saturated heterocycles. The van der Waals surface area contributed by atoms with E-state index < -0.39 is 0 Å². The predicted octanol–water partition coefficient (Wildman–Crippen LogP) is 2.91. The minimum atomic E-state index is -0.281. The average Bonchev–Trinajstić information content (AvgIpc) is 3.35. The lowest BCUT2D eigenvalue weighted by Gasteiger charge is -2.08. The molecule has 1 fully saturated rings. The van der Waals surface area contributed by atoms with Crippen LogP contribution in [-0.4, -0.2) is 25.7 Å². The highest BCUT2D eigenvalue weighted by molar-refractivity contribution is 9.10. The number of nitrogens with zero attached hydrogens (tertiary/aromatic N) is 3. The molecule has 0 bridgehead atoms. The number of nitrogens with one attached hydrogen (secondary N) is 2. The Morgan fingerprint density at radius 2 is 2.15 bits per heavy atom. The van der Waals surface area contributed by atoms with Crippen LogP contribution in [-0.2, 0) is 11.3 Å². The summed E-state index contributed by atoms with van der Waals surface area (Å²) >= 11 is 3.30. The molecule has 7 nitrogen and oxygen atoms in total. The minimum Gasteiger partial charge on any atom is -0.325 e. The number of rotatable bonds is 5. The van der Waals surface area contributed by atoms with Crippen LogP contribution in [0, 0.1) is 0 Å². The summed E-state index contributed by atoms with van der Waals surface area (Å²) in [6.07, 6.45) is 3.89. The molecule has 1 amide bonds. The zero-order valence-electron chi connectivity index (χ0n) is 13.8. The number of carbonyl (C=O) groups is 1. The van der Waals surface area contributed by atoms with Gasteiger partial charge < -0.3 is 9.88 Å². The van der Waals surface area contributed by atoms with E-state index in [1.54, 1.807) is 18.3 Å². The number of carbonyl (C=O) groups excluding carboxylic acids is 1. The number of benzene rings is 1. The molecule has 0 spiro atoms. The Bertz CT molecular complexity index is 1020. The van der Waals surface area contributed by atoms with Gasteiger partial charge in [0.25, 0.3) is 5.56 Å². The van der Waals surface area contributed by atoms with Gasteiger partial charge in [-0.1, -0.05) is 12.1 Å². The van der Waals surface area contributed by atoms with Crippen LogP contribution in [0.15, 0.2) is 51.9 Å². The van der Waals surface area contributed by atoms with E-state index in [0.717, 1.165) is 28.7 Å². The predicted molar refractivity (Wildman–Crippen MR) is 101 cm³/mol. The molecule has 3 aromatic rings. The van der Waals surface area contributed by atoms with Gasteiger partial charge in [-0.3, -0.25) is 14.7 Å². The van der Waals surface area contributed by atoms with Gasteiger partial charge in [0.15, 0.2) is 5.82 Å². The summed E-state index contributed by atoms with van der Waals surface area (Å²) < 4.78 is 2.09. The summed E-state index contributed by atoms with van der Waals surface area (Å²) in [5.74, 6) is 1.76. The molecular formula is C18H16BrN5O2. The average molecular weight is 414 g/mol. The van der Waals surface area contributed by atoms with Crippen LogP contribution < -0.4 is 10.9 Å². The van der Waals surface area contributed by atoms with E-state index in [9.17, 15) is 9.59 Å². The number of hydrogen-bond acceptors (Lipinski definition) is 4. The number of aromatic nitrogens is 4. The van der Waals surface area contributed by atoms with Crippen LogP contribution in [0.4, 0.5) is 5.69 Å². The van der Waals surface area contributed by atoms with Crippen molar-refractivity contribution in [3.63, 3.8) is 0 Å². The van der Waals surface area contributed by atoms with Crippen LogP contribution >= 0.6 is 15.9 Å². The van der Waals surface area contributed by atoms with Crippen LogP contribution in [0.25, 0.3) is 11.4 Å². The monoisotopic (exact) mass is 413 g/mol. The molecule has 2 N–H and O–H groups in total. The van der Waals surface area contributed by atoms with Crippen LogP contribution in [0.3, 0.4) is 0 Å². The number of aromatic amines is 1. The second-order valence-corrected chi connectivity index (χ2v) is 7.18. The number of H-pyrrole nitrogens is 1. The van der Waals surface area contributed by atoms with Crippen molar-refractivity contribution < 1.29 is 4.79 Å². The molecular weight excluding hydrogens is 398 g/mol. The van der Waals surface area contributed by atoms with Crippen molar-refractivity contribution in [3.8, 4) is 11.4 Å². The maximum absolute atomic E-state index is 12.3. The van der Waals surface area contributed by atoms with Gasteiger partial charge in [-0.2, -0.15) is 5.10 Å². The summed E-state index contributed by atoms with van der Waals surface area (Å²) in [6, 6.07) is 10.4. The fourth-order valence-corrected chi connectivity index (χ4v) is 3.04. The van der Waals surface area contributed by atoms with Gasteiger partial charge in [0.05, 0.1) is 0 Å². The van der Waals surface area contributed by atoms with E-state index in [0.29, 0.717) is 17.4 Å². The Morgan fingerprint density at radius 1 is 1.31 bits per heavy atom. The largest absolute Gasteiger partial charge is 0.325 e. The highest BCUT2D eigenvalue weighted by atomic mass is 79.9. The van der Waals surface area contributed by atoms with Gasteiger partial charge in [0.2, 0.25) is 5.91 Å². The summed E-state index contributed by atoms with van der Waals surface area (Å²) in [7, 11) is 0. The third-order valence-corrected chi connectivity index (χ3v) is 4.60. The zero-order valence-corrected chi connectivity index (χ0v) is 15.4. The van der Waals surface area contributed by atoms with Crippen molar-refractivity contribution in [3.05, 3.63) is 63.2 Å². The molecule has 1 aliphatic carbocycles. The second-order valence-electron chi connectivity index (χ2n) is 6.26. The van der Waals surface area contributed by atoms with Gasteiger partial charge in [0, 0.05) is 33.9 Å². The molecule has 8 heteroatoms. The van der Waals surface area contributed by atoms with Gasteiger partial charge in [0.1, 0.15) is 12.4 Å². The first kappa shape index (κ1) is 16.7. The van der Waals surface area contributed by atoms with Crippen LogP contribution in [0.5, 0.6) is 0 Å². The molecule has 1 saturated carbocycles. The standard InChI is InChI=1S/C18H16BrN5O2/c19-13-6-7-16(26)24(9-13)10-15(25)20-14-3-1-2-12(8-14)18-21-17(22-23-18)11-4-5-11/h1-3,6-9,11H,4-5,10H2,(H,20,25)(H,21,22,23). The van der Waals surface area contributed by atoms with Crippen molar-refractivity contribution in [1.29, 1.82) is 0 Å². The lowest BCUT2D eigenvalue weighted by atomic mass is 10.2. The second kappa shape index (κ2) is 6.87. The Balaban J connectivity index is 1.48. The third kappa shape index (κ3) is 3.75. The summed E-state index contributed by atoms with van der Waals surface area (Å²) in [4.78, 5) is 28.6. The van der Waals surface area contributed by atoms with Gasteiger partial charge in [-0.15, -0.1) is 0 Å². The van der Waals surface area contributed by atoms with Crippen molar-refractivity contribution >= 4 is 27.5 Å². The fourth-order valence-electron chi connectivity index (χ4n) is 2.66. The molecule has 0 radical (unpaired) electrons.